The molecule has 1 aliphatic carbocycles. The summed E-state index contributed by atoms with van der Waals surface area (Å²) in [7, 11) is 0. The highest BCUT2D eigenvalue weighted by molar-refractivity contribution is 14.1. The van der Waals surface area contributed by atoms with Crippen LogP contribution < -0.4 is 0 Å². The molecule has 0 amide bonds. The first kappa shape index (κ1) is 18.5. The molecule has 3 heteroatoms. The van der Waals surface area contributed by atoms with Crippen molar-refractivity contribution >= 4 is 22.6 Å². The fraction of sp³-hybridized carbons (Fsp3) is 0.478. The van der Waals surface area contributed by atoms with Gasteiger partial charge in [-0.3, -0.25) is 0 Å². The summed E-state index contributed by atoms with van der Waals surface area (Å²) in [5, 5.41) is 0. The molecular formula is C23H27IO2. The maximum Gasteiger partial charge on any atom is 0.222 e. The van der Waals surface area contributed by atoms with Crippen molar-refractivity contribution in [1.29, 1.82) is 0 Å². The third kappa shape index (κ3) is 2.92. The largest absolute Gasteiger partial charge is 0.340 e. The van der Waals surface area contributed by atoms with Crippen LogP contribution in [0.2, 0.25) is 0 Å². The summed E-state index contributed by atoms with van der Waals surface area (Å²) in [5.74, 6) is -0.781. The predicted molar refractivity (Wildman–Crippen MR) is 114 cm³/mol. The first-order chi connectivity index (χ1) is 12.2. The normalized spacial score (nSPS) is 22.8. The molecule has 1 saturated heterocycles. The van der Waals surface area contributed by atoms with Crippen LogP contribution in [0.15, 0.2) is 42.5 Å². The lowest BCUT2D eigenvalue weighted by Gasteiger charge is -2.42. The topological polar surface area (TPSA) is 18.5 Å². The van der Waals surface area contributed by atoms with Gasteiger partial charge in [-0.1, -0.05) is 52.0 Å². The first-order valence-electron chi connectivity index (χ1n) is 9.44. The lowest BCUT2D eigenvalue weighted by Crippen LogP contribution is -2.35. The first-order valence-corrected chi connectivity index (χ1v) is 10.5. The van der Waals surface area contributed by atoms with E-state index in [1.807, 2.05) is 0 Å². The van der Waals surface area contributed by atoms with Gasteiger partial charge in [0.05, 0.1) is 13.2 Å². The molecule has 1 aliphatic heterocycles. The van der Waals surface area contributed by atoms with E-state index in [1.54, 1.807) is 0 Å². The molecule has 26 heavy (non-hydrogen) atoms. The van der Waals surface area contributed by atoms with Gasteiger partial charge in [-0.05, 0) is 75.6 Å². The van der Waals surface area contributed by atoms with Crippen LogP contribution in [0.5, 0.6) is 0 Å². The van der Waals surface area contributed by atoms with Crippen LogP contribution in [0.3, 0.4) is 0 Å². The highest BCUT2D eigenvalue weighted by atomic mass is 127. The third-order valence-corrected chi connectivity index (χ3v) is 6.87. The number of hydrogen-bond acceptors (Lipinski definition) is 2. The average molecular weight is 462 g/mol. The van der Waals surface area contributed by atoms with Gasteiger partial charge in [0.25, 0.3) is 0 Å². The molecule has 0 aromatic heterocycles. The minimum absolute atomic E-state index is 0.173. The van der Waals surface area contributed by atoms with Gasteiger partial charge in [-0.2, -0.15) is 0 Å². The summed E-state index contributed by atoms with van der Waals surface area (Å²) < 4.78 is 13.7. The predicted octanol–water partition coefficient (Wildman–Crippen LogP) is 5.89. The molecule has 0 radical (unpaired) electrons. The van der Waals surface area contributed by atoms with Crippen molar-refractivity contribution < 1.29 is 9.47 Å². The van der Waals surface area contributed by atoms with Gasteiger partial charge in [0, 0.05) is 14.7 Å². The Morgan fingerprint density at radius 3 is 1.88 bits per heavy atom. The number of benzene rings is 2. The molecule has 0 N–H and O–H groups in total. The molecule has 0 atom stereocenters. The van der Waals surface area contributed by atoms with Crippen molar-refractivity contribution in [1.82, 2.24) is 0 Å². The summed E-state index contributed by atoms with van der Waals surface area (Å²) >= 11 is 2.33. The average Bonchev–Trinajstić information content (AvgIpc) is 3.10. The zero-order valence-electron chi connectivity index (χ0n) is 16.1. The van der Waals surface area contributed by atoms with E-state index in [9.17, 15) is 0 Å². The molecule has 0 spiro atoms. The molecule has 1 heterocycles. The van der Waals surface area contributed by atoms with Crippen molar-refractivity contribution in [3.05, 3.63) is 68.3 Å². The van der Waals surface area contributed by atoms with Crippen molar-refractivity contribution in [3.8, 4) is 0 Å². The number of rotatable bonds is 2. The number of fused-ring (bicyclic) bond motifs is 1. The second-order valence-electron chi connectivity index (χ2n) is 8.85. The molecule has 1 fully saturated rings. The minimum Gasteiger partial charge on any atom is -0.340 e. The second-order valence-corrected chi connectivity index (χ2v) is 10.1. The Labute approximate surface area is 170 Å². The Hall–Kier alpha value is -0.910. The molecule has 2 aromatic carbocycles. The quantitative estimate of drug-likeness (QED) is 0.519. The Morgan fingerprint density at radius 2 is 1.27 bits per heavy atom. The van der Waals surface area contributed by atoms with E-state index in [1.165, 1.54) is 27.5 Å². The van der Waals surface area contributed by atoms with Crippen LogP contribution in [0, 0.1) is 3.57 Å². The highest BCUT2D eigenvalue weighted by Gasteiger charge is 2.43. The smallest absolute Gasteiger partial charge is 0.222 e. The van der Waals surface area contributed by atoms with Gasteiger partial charge >= 0.3 is 0 Å². The minimum atomic E-state index is -0.781. The summed E-state index contributed by atoms with van der Waals surface area (Å²) in [6.45, 7) is 10.7. The number of halogens is 1. The van der Waals surface area contributed by atoms with Crippen LogP contribution in [0.25, 0.3) is 0 Å². The van der Waals surface area contributed by atoms with E-state index in [2.05, 4.69) is 92.8 Å². The summed E-state index contributed by atoms with van der Waals surface area (Å²) in [5.41, 5.74) is 5.48. The van der Waals surface area contributed by atoms with Crippen LogP contribution in [0.4, 0.5) is 0 Å². The molecule has 0 bridgehead atoms. The van der Waals surface area contributed by atoms with E-state index in [4.69, 9.17) is 9.47 Å². The molecule has 4 rings (SSSR count). The second kappa shape index (κ2) is 6.32. The van der Waals surface area contributed by atoms with Crippen LogP contribution in [0.1, 0.15) is 62.8 Å². The van der Waals surface area contributed by atoms with Gasteiger partial charge in [0.1, 0.15) is 0 Å². The van der Waals surface area contributed by atoms with Crippen LogP contribution in [-0.2, 0) is 26.1 Å². The Bertz CT molecular complexity index is 815. The van der Waals surface area contributed by atoms with Gasteiger partial charge < -0.3 is 9.47 Å². The van der Waals surface area contributed by atoms with Crippen molar-refractivity contribution in [2.45, 2.75) is 57.2 Å². The zero-order valence-corrected chi connectivity index (χ0v) is 18.2. The van der Waals surface area contributed by atoms with E-state index >= 15 is 0 Å². The fourth-order valence-corrected chi connectivity index (χ4v) is 4.73. The molecule has 138 valence electrons. The summed E-state index contributed by atoms with van der Waals surface area (Å²) in [6, 6.07) is 15.4. The van der Waals surface area contributed by atoms with E-state index in [0.717, 1.165) is 11.1 Å². The van der Waals surface area contributed by atoms with Crippen molar-refractivity contribution in [2.75, 3.05) is 13.2 Å². The molecule has 2 nitrogen and oxygen atoms in total. The molecule has 2 aromatic rings. The fourth-order valence-electron chi connectivity index (χ4n) is 4.38. The van der Waals surface area contributed by atoms with Gasteiger partial charge in [0.2, 0.25) is 5.79 Å². The lowest BCUT2D eigenvalue weighted by molar-refractivity contribution is -0.130. The third-order valence-electron chi connectivity index (χ3n) is 6.15. The molecule has 0 saturated carbocycles. The molecular weight excluding hydrogens is 435 g/mol. The Morgan fingerprint density at radius 1 is 0.731 bits per heavy atom. The Balaban J connectivity index is 1.88. The van der Waals surface area contributed by atoms with Crippen LogP contribution >= 0.6 is 22.6 Å². The van der Waals surface area contributed by atoms with Crippen molar-refractivity contribution in [3.63, 3.8) is 0 Å². The maximum atomic E-state index is 6.24. The van der Waals surface area contributed by atoms with Gasteiger partial charge in [0.15, 0.2) is 0 Å². The van der Waals surface area contributed by atoms with E-state index in [0.29, 0.717) is 13.2 Å². The number of hydrogen-bond donors (Lipinski definition) is 0. The maximum absolute atomic E-state index is 6.24. The van der Waals surface area contributed by atoms with Gasteiger partial charge in [-0.15, -0.1) is 0 Å². The molecule has 2 aliphatic rings. The van der Waals surface area contributed by atoms with E-state index in [-0.39, 0.29) is 10.8 Å². The highest BCUT2D eigenvalue weighted by Crippen LogP contribution is 2.48. The zero-order chi connectivity index (χ0) is 18.6. The standard InChI is InChI=1S/C23H27IO2/c1-21(2)11-12-22(3,4)20-15-17(7-10-19(20)21)23(25-13-14-26-23)16-5-8-18(24)9-6-16/h5-10,15H,11-14H2,1-4H3. The Kier molecular flexibility index (Phi) is 4.48. The lowest BCUT2D eigenvalue weighted by atomic mass is 9.62. The monoisotopic (exact) mass is 462 g/mol. The van der Waals surface area contributed by atoms with Crippen LogP contribution in [-0.4, -0.2) is 13.2 Å². The van der Waals surface area contributed by atoms with Gasteiger partial charge in [-0.25, -0.2) is 0 Å². The summed E-state index contributed by atoms with van der Waals surface area (Å²) in [4.78, 5) is 0. The number of ether oxygens (including phenoxy) is 2. The summed E-state index contributed by atoms with van der Waals surface area (Å²) in [6.07, 6.45) is 2.43. The van der Waals surface area contributed by atoms with E-state index < -0.39 is 5.79 Å². The molecule has 0 unspecified atom stereocenters. The SMILES string of the molecule is CC1(C)CCC(C)(C)c2cc(C3(c4ccc(I)cc4)OCCO3)ccc21. The van der Waals surface area contributed by atoms with Crippen molar-refractivity contribution in [2.24, 2.45) is 0 Å².